The number of rotatable bonds is 6. The zero-order chi connectivity index (χ0) is 22.0. The molecule has 0 radical (unpaired) electrons. The summed E-state index contributed by atoms with van der Waals surface area (Å²) in [7, 11) is 0. The molecule has 0 bridgehead atoms. The molecule has 1 aliphatic rings. The van der Waals surface area contributed by atoms with Crippen molar-refractivity contribution < 1.29 is 18.8 Å². The van der Waals surface area contributed by atoms with Crippen molar-refractivity contribution in [2.75, 3.05) is 11.9 Å². The molecule has 0 saturated carbocycles. The Morgan fingerprint density at radius 2 is 1.87 bits per heavy atom. The van der Waals surface area contributed by atoms with Crippen molar-refractivity contribution in [3.8, 4) is 11.3 Å². The number of thiazole rings is 1. The number of nitrogens with one attached hydrogen (secondary N) is 2. The monoisotopic (exact) mass is 438 g/mol. The highest BCUT2D eigenvalue weighted by Gasteiger charge is 2.51. The molecular formula is C22H19FN4O3S. The summed E-state index contributed by atoms with van der Waals surface area (Å²) in [6, 6.07) is 14.2. The summed E-state index contributed by atoms with van der Waals surface area (Å²) in [6.07, 6.45) is 0.354. The van der Waals surface area contributed by atoms with E-state index < -0.39 is 29.9 Å². The predicted octanol–water partition coefficient (Wildman–Crippen LogP) is 3.75. The molecule has 1 saturated heterocycles. The number of carbonyl (C=O) groups is 3. The van der Waals surface area contributed by atoms with Gasteiger partial charge in [-0.3, -0.25) is 14.5 Å². The molecule has 0 aliphatic carbocycles. The van der Waals surface area contributed by atoms with Gasteiger partial charge in [0.25, 0.3) is 5.91 Å². The number of anilines is 1. The number of aromatic nitrogens is 1. The van der Waals surface area contributed by atoms with Gasteiger partial charge in [0.2, 0.25) is 5.91 Å². The van der Waals surface area contributed by atoms with Crippen LogP contribution in [0.3, 0.4) is 0 Å². The third-order valence-corrected chi connectivity index (χ3v) is 5.92. The second-order valence-corrected chi connectivity index (χ2v) is 7.90. The van der Waals surface area contributed by atoms with Crippen LogP contribution in [0.2, 0.25) is 0 Å². The van der Waals surface area contributed by atoms with Crippen LogP contribution < -0.4 is 10.6 Å². The third-order valence-electron chi connectivity index (χ3n) is 5.16. The molecule has 9 heteroatoms. The Kier molecular flexibility index (Phi) is 5.51. The highest BCUT2D eigenvalue weighted by Crippen LogP contribution is 2.32. The number of urea groups is 1. The van der Waals surface area contributed by atoms with Crippen molar-refractivity contribution in [2.45, 2.75) is 18.9 Å². The minimum Gasteiger partial charge on any atom is -0.319 e. The molecule has 2 aromatic carbocycles. The summed E-state index contributed by atoms with van der Waals surface area (Å²) in [5, 5.41) is 7.41. The smallest absolute Gasteiger partial charge is 0.319 e. The first-order valence-electron chi connectivity index (χ1n) is 9.64. The molecule has 7 nitrogen and oxygen atoms in total. The minimum absolute atomic E-state index is 0.321. The van der Waals surface area contributed by atoms with Crippen molar-refractivity contribution in [1.29, 1.82) is 0 Å². The van der Waals surface area contributed by atoms with E-state index in [0.29, 0.717) is 28.4 Å². The van der Waals surface area contributed by atoms with Crippen molar-refractivity contribution in [3.05, 3.63) is 71.4 Å². The molecule has 3 aromatic rings. The van der Waals surface area contributed by atoms with Crippen LogP contribution in [0.25, 0.3) is 11.3 Å². The Hall–Kier alpha value is -3.59. The fourth-order valence-corrected chi connectivity index (χ4v) is 4.25. The SMILES string of the molecule is CCC1(c2ccccc2)NC(=O)N(CC(=O)Nc2nc(-c3ccc(F)cc3)cs2)C1=O. The van der Waals surface area contributed by atoms with E-state index in [9.17, 15) is 18.8 Å². The average molecular weight is 438 g/mol. The molecule has 1 aliphatic heterocycles. The van der Waals surface area contributed by atoms with E-state index in [2.05, 4.69) is 15.6 Å². The molecule has 4 amide bonds. The molecule has 1 atom stereocenters. The van der Waals surface area contributed by atoms with E-state index in [1.807, 2.05) is 6.07 Å². The summed E-state index contributed by atoms with van der Waals surface area (Å²) < 4.78 is 13.1. The molecule has 4 rings (SSSR count). The summed E-state index contributed by atoms with van der Waals surface area (Å²) in [5.74, 6) is -1.35. The number of hydrogen-bond acceptors (Lipinski definition) is 5. The largest absolute Gasteiger partial charge is 0.325 e. The van der Waals surface area contributed by atoms with Gasteiger partial charge in [-0.15, -0.1) is 11.3 Å². The Bertz CT molecular complexity index is 1130. The van der Waals surface area contributed by atoms with E-state index in [4.69, 9.17) is 0 Å². The van der Waals surface area contributed by atoms with Crippen LogP contribution >= 0.6 is 11.3 Å². The number of hydrogen-bond donors (Lipinski definition) is 2. The lowest BCUT2D eigenvalue weighted by atomic mass is 9.87. The van der Waals surface area contributed by atoms with E-state index in [1.165, 1.54) is 23.5 Å². The lowest BCUT2D eigenvalue weighted by Gasteiger charge is -2.25. The number of imide groups is 1. The Labute approximate surface area is 181 Å². The Morgan fingerprint density at radius 1 is 1.16 bits per heavy atom. The maximum atomic E-state index is 13.1. The van der Waals surface area contributed by atoms with Gasteiger partial charge in [0.1, 0.15) is 17.9 Å². The van der Waals surface area contributed by atoms with Crippen molar-refractivity contribution in [3.63, 3.8) is 0 Å². The van der Waals surface area contributed by atoms with Crippen LogP contribution in [0.4, 0.5) is 14.3 Å². The average Bonchev–Trinajstić information content (AvgIpc) is 3.33. The van der Waals surface area contributed by atoms with Gasteiger partial charge >= 0.3 is 6.03 Å². The quantitative estimate of drug-likeness (QED) is 0.574. The molecule has 1 unspecified atom stereocenters. The maximum Gasteiger partial charge on any atom is 0.325 e. The second-order valence-electron chi connectivity index (χ2n) is 7.04. The zero-order valence-corrected chi connectivity index (χ0v) is 17.4. The first kappa shape index (κ1) is 20.7. The number of amides is 4. The molecule has 2 heterocycles. The number of benzene rings is 2. The fraction of sp³-hybridized carbons (Fsp3) is 0.182. The van der Waals surface area contributed by atoms with E-state index in [-0.39, 0.29) is 5.82 Å². The van der Waals surface area contributed by atoms with Crippen LogP contribution in [0.5, 0.6) is 0 Å². The molecule has 1 aromatic heterocycles. The van der Waals surface area contributed by atoms with Gasteiger partial charge in [0.15, 0.2) is 5.13 Å². The highest BCUT2D eigenvalue weighted by molar-refractivity contribution is 7.14. The molecular weight excluding hydrogens is 419 g/mol. The van der Waals surface area contributed by atoms with E-state index >= 15 is 0 Å². The summed E-state index contributed by atoms with van der Waals surface area (Å²) >= 11 is 1.20. The number of nitrogens with zero attached hydrogens (tertiary/aromatic N) is 2. The van der Waals surface area contributed by atoms with Crippen molar-refractivity contribution in [2.24, 2.45) is 0 Å². The standard InChI is InChI=1S/C22H19FN4O3S/c1-2-22(15-6-4-3-5-7-15)19(29)27(21(30)26-22)12-18(28)25-20-24-17(13-31-20)14-8-10-16(23)11-9-14/h3-11,13H,2,12H2,1H3,(H,26,30)(H,24,25,28). The normalized spacial score (nSPS) is 18.2. The molecule has 2 N–H and O–H groups in total. The van der Waals surface area contributed by atoms with Gasteiger partial charge in [0, 0.05) is 10.9 Å². The van der Waals surface area contributed by atoms with Crippen LogP contribution in [0.15, 0.2) is 60.0 Å². The first-order chi connectivity index (χ1) is 14.9. The van der Waals surface area contributed by atoms with Gasteiger partial charge in [-0.2, -0.15) is 0 Å². The van der Waals surface area contributed by atoms with Gasteiger partial charge < -0.3 is 10.6 Å². The van der Waals surface area contributed by atoms with E-state index in [1.54, 1.807) is 48.7 Å². The first-order valence-corrected chi connectivity index (χ1v) is 10.5. The topological polar surface area (TPSA) is 91.4 Å². The minimum atomic E-state index is -1.18. The van der Waals surface area contributed by atoms with Crippen molar-refractivity contribution in [1.82, 2.24) is 15.2 Å². The zero-order valence-electron chi connectivity index (χ0n) is 16.6. The van der Waals surface area contributed by atoms with E-state index in [0.717, 1.165) is 4.90 Å². The van der Waals surface area contributed by atoms with Crippen LogP contribution in [0.1, 0.15) is 18.9 Å². The lowest BCUT2D eigenvalue weighted by Crippen LogP contribution is -2.44. The van der Waals surface area contributed by atoms with Crippen molar-refractivity contribution >= 4 is 34.3 Å². The van der Waals surface area contributed by atoms with Gasteiger partial charge in [-0.25, -0.2) is 14.2 Å². The third kappa shape index (κ3) is 3.91. The van der Waals surface area contributed by atoms with Crippen LogP contribution in [0, 0.1) is 5.82 Å². The summed E-state index contributed by atoms with van der Waals surface area (Å²) in [4.78, 5) is 43.4. The van der Waals surface area contributed by atoms with Crippen LogP contribution in [-0.4, -0.2) is 34.3 Å². The Morgan fingerprint density at radius 3 is 2.55 bits per heavy atom. The fourth-order valence-electron chi connectivity index (χ4n) is 3.52. The molecule has 1 fully saturated rings. The molecule has 158 valence electrons. The van der Waals surface area contributed by atoms with Gasteiger partial charge in [-0.05, 0) is 36.2 Å². The lowest BCUT2D eigenvalue weighted by molar-refractivity contribution is -0.134. The van der Waals surface area contributed by atoms with Crippen LogP contribution in [-0.2, 0) is 15.1 Å². The second kappa shape index (κ2) is 8.27. The maximum absolute atomic E-state index is 13.1. The molecule has 31 heavy (non-hydrogen) atoms. The Balaban J connectivity index is 1.46. The predicted molar refractivity (Wildman–Crippen MR) is 115 cm³/mol. The highest BCUT2D eigenvalue weighted by atomic mass is 32.1. The van der Waals surface area contributed by atoms with Gasteiger partial charge in [-0.1, -0.05) is 37.3 Å². The summed E-state index contributed by atoms with van der Waals surface area (Å²) in [6.45, 7) is 1.38. The molecule has 0 spiro atoms. The summed E-state index contributed by atoms with van der Waals surface area (Å²) in [5.41, 5.74) is 0.782. The van der Waals surface area contributed by atoms with Gasteiger partial charge in [0.05, 0.1) is 5.69 Å². The number of halogens is 1. The number of carbonyl (C=O) groups excluding carboxylic acids is 3.